The van der Waals surface area contributed by atoms with Crippen LogP contribution < -0.4 is 5.43 Å². The fourth-order valence-electron chi connectivity index (χ4n) is 2.66. The summed E-state index contributed by atoms with van der Waals surface area (Å²) in [5, 5.41) is 0.324. The van der Waals surface area contributed by atoms with Crippen molar-refractivity contribution < 1.29 is 22.8 Å². The molecular formula is C18H13ClF3N3O2. The summed E-state index contributed by atoms with van der Waals surface area (Å²) in [6.07, 6.45) is -4.81. The van der Waals surface area contributed by atoms with Crippen molar-refractivity contribution >= 4 is 29.1 Å². The van der Waals surface area contributed by atoms with Crippen LogP contribution in [0.3, 0.4) is 0 Å². The van der Waals surface area contributed by atoms with E-state index in [1.807, 2.05) is 0 Å². The lowest BCUT2D eigenvalue weighted by Crippen LogP contribution is -2.37. The summed E-state index contributed by atoms with van der Waals surface area (Å²) in [5.74, 6) is -1.44. The molecule has 1 aromatic carbocycles. The molecule has 9 heteroatoms. The maximum atomic E-state index is 13.8. The summed E-state index contributed by atoms with van der Waals surface area (Å²) < 4.78 is 41.5. The van der Waals surface area contributed by atoms with Gasteiger partial charge in [-0.15, -0.1) is 0 Å². The number of pyridine rings is 1. The molecule has 0 saturated heterocycles. The number of nitrogens with zero attached hydrogens (tertiary/aromatic N) is 2. The predicted molar refractivity (Wildman–Crippen MR) is 93.5 cm³/mol. The van der Waals surface area contributed by atoms with Gasteiger partial charge in [-0.05, 0) is 13.8 Å². The average molecular weight is 396 g/mol. The Bertz CT molecular complexity index is 948. The number of imide groups is 1. The Hall–Kier alpha value is -2.87. The third kappa shape index (κ3) is 3.40. The Balaban J connectivity index is 2.15. The van der Waals surface area contributed by atoms with Crippen molar-refractivity contribution in [1.82, 2.24) is 9.99 Å². The van der Waals surface area contributed by atoms with Crippen LogP contribution in [0.2, 0.25) is 5.15 Å². The number of anilines is 1. The van der Waals surface area contributed by atoms with Crippen molar-refractivity contribution in [2.24, 2.45) is 0 Å². The minimum Gasteiger partial charge on any atom is -0.288 e. The number of hydrogen-bond donors (Lipinski definition) is 1. The van der Waals surface area contributed by atoms with Gasteiger partial charge >= 0.3 is 6.18 Å². The lowest BCUT2D eigenvalue weighted by molar-refractivity contribution is -0.139. The van der Waals surface area contributed by atoms with Crippen molar-refractivity contribution in [3.63, 3.8) is 0 Å². The van der Waals surface area contributed by atoms with Gasteiger partial charge in [0.05, 0.1) is 11.4 Å². The van der Waals surface area contributed by atoms with Crippen LogP contribution in [0.5, 0.6) is 0 Å². The van der Waals surface area contributed by atoms with Gasteiger partial charge in [0.2, 0.25) is 0 Å². The zero-order valence-electron chi connectivity index (χ0n) is 14.2. The smallest absolute Gasteiger partial charge is 0.288 e. The topological polar surface area (TPSA) is 62.3 Å². The van der Waals surface area contributed by atoms with Gasteiger partial charge in [-0.2, -0.15) is 18.2 Å². The van der Waals surface area contributed by atoms with Gasteiger partial charge in [-0.1, -0.05) is 41.9 Å². The molecule has 0 atom stereocenters. The minimum absolute atomic E-state index is 0.157. The van der Waals surface area contributed by atoms with Crippen molar-refractivity contribution in [2.75, 3.05) is 5.43 Å². The summed E-state index contributed by atoms with van der Waals surface area (Å²) in [6.45, 7) is 2.85. The largest absolute Gasteiger partial charge is 0.420 e. The summed E-state index contributed by atoms with van der Waals surface area (Å²) in [7, 11) is 0. The Morgan fingerprint density at radius 1 is 1.04 bits per heavy atom. The van der Waals surface area contributed by atoms with Crippen LogP contribution in [0, 0.1) is 0 Å². The van der Waals surface area contributed by atoms with Gasteiger partial charge in [0.1, 0.15) is 10.7 Å². The first-order valence-electron chi connectivity index (χ1n) is 7.77. The number of amides is 2. The van der Waals surface area contributed by atoms with Crippen LogP contribution in [0.4, 0.5) is 18.9 Å². The third-order valence-electron chi connectivity index (χ3n) is 4.16. The maximum Gasteiger partial charge on any atom is 0.420 e. The standard InChI is InChI=1S/C18H13ClF3N3O2/c1-9-10(2)17(27)25(16(9)26)24-12-8-13(19)23-15(14(12)18(20,21)22)11-6-4-3-5-7-11/h3-8H,1-2H3,(H,23,24). The van der Waals surface area contributed by atoms with Crippen molar-refractivity contribution in [3.8, 4) is 11.3 Å². The van der Waals surface area contributed by atoms with Crippen LogP contribution in [0.25, 0.3) is 11.3 Å². The molecule has 0 unspecified atom stereocenters. The molecule has 2 aromatic rings. The molecule has 0 aliphatic carbocycles. The van der Waals surface area contributed by atoms with Crippen LogP contribution in [-0.4, -0.2) is 21.8 Å². The van der Waals surface area contributed by atoms with Crippen LogP contribution >= 0.6 is 11.6 Å². The molecule has 5 nitrogen and oxygen atoms in total. The van der Waals surface area contributed by atoms with E-state index in [1.165, 1.54) is 26.0 Å². The molecule has 2 heterocycles. The Labute approximate surface area is 157 Å². The number of benzene rings is 1. The first-order chi connectivity index (χ1) is 12.6. The molecule has 140 valence electrons. The van der Waals surface area contributed by atoms with Crippen molar-refractivity contribution in [3.05, 3.63) is 58.3 Å². The SMILES string of the molecule is CC1=C(C)C(=O)N(Nc2cc(Cl)nc(-c3ccccc3)c2C(F)(F)F)C1=O. The fourth-order valence-corrected chi connectivity index (χ4v) is 2.86. The molecule has 0 saturated carbocycles. The number of alkyl halides is 3. The minimum atomic E-state index is -4.81. The molecule has 1 N–H and O–H groups in total. The average Bonchev–Trinajstić information content (AvgIpc) is 2.79. The quantitative estimate of drug-likeness (QED) is 0.616. The van der Waals surface area contributed by atoms with Crippen molar-refractivity contribution in [2.45, 2.75) is 20.0 Å². The van der Waals surface area contributed by atoms with Gasteiger partial charge in [0.25, 0.3) is 11.8 Å². The number of aromatic nitrogens is 1. The number of carbonyl (C=O) groups is 2. The van der Waals surface area contributed by atoms with Gasteiger partial charge in [0.15, 0.2) is 0 Å². The first-order valence-corrected chi connectivity index (χ1v) is 8.15. The molecule has 27 heavy (non-hydrogen) atoms. The van der Waals surface area contributed by atoms with Crippen LogP contribution in [0.1, 0.15) is 19.4 Å². The molecular weight excluding hydrogens is 383 g/mol. The second kappa shape index (κ2) is 6.70. The summed E-state index contributed by atoms with van der Waals surface area (Å²) >= 11 is 5.92. The van der Waals surface area contributed by atoms with E-state index in [0.29, 0.717) is 5.01 Å². The molecule has 1 aliphatic heterocycles. The van der Waals surface area contributed by atoms with E-state index in [0.717, 1.165) is 6.07 Å². The molecule has 3 rings (SSSR count). The highest BCUT2D eigenvalue weighted by Gasteiger charge is 2.40. The Kier molecular flexibility index (Phi) is 4.69. The van der Waals surface area contributed by atoms with E-state index in [1.54, 1.807) is 18.2 Å². The van der Waals surface area contributed by atoms with Crippen LogP contribution in [-0.2, 0) is 15.8 Å². The number of hydrogen-bond acceptors (Lipinski definition) is 4. The molecule has 0 bridgehead atoms. The Morgan fingerprint density at radius 2 is 1.59 bits per heavy atom. The molecule has 0 fully saturated rings. The molecule has 1 aromatic heterocycles. The molecule has 0 spiro atoms. The second-order valence-electron chi connectivity index (χ2n) is 5.89. The van der Waals surface area contributed by atoms with E-state index in [9.17, 15) is 22.8 Å². The molecule has 2 amide bonds. The van der Waals surface area contributed by atoms with Gasteiger partial charge in [0, 0.05) is 22.8 Å². The van der Waals surface area contributed by atoms with Gasteiger partial charge in [-0.25, -0.2) is 4.98 Å². The zero-order chi connectivity index (χ0) is 19.9. The highest BCUT2D eigenvalue weighted by atomic mass is 35.5. The van der Waals surface area contributed by atoms with E-state index < -0.39 is 34.9 Å². The lowest BCUT2D eigenvalue weighted by Gasteiger charge is -2.22. The lowest BCUT2D eigenvalue weighted by atomic mass is 10.0. The normalized spacial score (nSPS) is 15.0. The summed E-state index contributed by atoms with van der Waals surface area (Å²) in [6, 6.07) is 8.63. The predicted octanol–water partition coefficient (Wildman–Crippen LogP) is 4.45. The monoisotopic (exact) mass is 395 g/mol. The Morgan fingerprint density at radius 3 is 2.11 bits per heavy atom. The first kappa shape index (κ1) is 18.9. The van der Waals surface area contributed by atoms with E-state index in [-0.39, 0.29) is 21.9 Å². The van der Waals surface area contributed by atoms with E-state index in [2.05, 4.69) is 10.4 Å². The number of nitrogens with one attached hydrogen (secondary N) is 1. The number of rotatable bonds is 3. The van der Waals surface area contributed by atoms with E-state index >= 15 is 0 Å². The summed E-state index contributed by atoms with van der Waals surface area (Å²) in [4.78, 5) is 28.2. The molecule has 0 radical (unpaired) electrons. The fraction of sp³-hybridized carbons (Fsp3) is 0.167. The van der Waals surface area contributed by atoms with Crippen molar-refractivity contribution in [1.29, 1.82) is 0 Å². The van der Waals surface area contributed by atoms with Crippen LogP contribution in [0.15, 0.2) is 47.5 Å². The molecule has 1 aliphatic rings. The van der Waals surface area contributed by atoms with E-state index in [4.69, 9.17) is 11.6 Å². The number of hydrazine groups is 1. The third-order valence-corrected chi connectivity index (χ3v) is 4.36. The number of carbonyl (C=O) groups excluding carboxylic acids is 2. The van der Waals surface area contributed by atoms with Gasteiger partial charge < -0.3 is 0 Å². The highest BCUT2D eigenvalue weighted by Crippen LogP contribution is 2.42. The summed E-state index contributed by atoms with van der Waals surface area (Å²) in [5.41, 5.74) is 0.719. The highest BCUT2D eigenvalue weighted by molar-refractivity contribution is 6.30. The second-order valence-corrected chi connectivity index (χ2v) is 6.27. The zero-order valence-corrected chi connectivity index (χ0v) is 14.9. The maximum absolute atomic E-state index is 13.8. The number of halogens is 4. The van der Waals surface area contributed by atoms with Gasteiger partial charge in [-0.3, -0.25) is 15.0 Å².